The van der Waals surface area contributed by atoms with Crippen LogP contribution in [0.5, 0.6) is 0 Å². The van der Waals surface area contributed by atoms with Crippen LogP contribution in [0.15, 0.2) is 30.3 Å². The molecule has 1 aliphatic rings. The van der Waals surface area contributed by atoms with Gasteiger partial charge < -0.3 is 19.9 Å². The number of para-hydroxylation sites is 1. The third kappa shape index (κ3) is 4.20. The number of aromatic amines is 1. The number of hydrogen-bond donors (Lipinski definition) is 2. The number of benzene rings is 1. The van der Waals surface area contributed by atoms with Gasteiger partial charge in [-0.05, 0) is 31.4 Å². The lowest BCUT2D eigenvalue weighted by molar-refractivity contribution is -0.126. The minimum atomic E-state index is -0.135. The molecule has 1 saturated heterocycles. The predicted molar refractivity (Wildman–Crippen MR) is 96.4 cm³/mol. The van der Waals surface area contributed by atoms with Gasteiger partial charge in [-0.25, -0.2) is 0 Å². The zero-order chi connectivity index (χ0) is 17.6. The van der Waals surface area contributed by atoms with Crippen molar-refractivity contribution in [2.45, 2.75) is 19.3 Å². The van der Waals surface area contributed by atoms with Gasteiger partial charge in [-0.15, -0.1) is 0 Å². The molecule has 1 aliphatic heterocycles. The van der Waals surface area contributed by atoms with Gasteiger partial charge in [0.1, 0.15) is 5.69 Å². The molecule has 1 atom stereocenters. The number of H-pyrrole nitrogens is 1. The second-order valence-electron chi connectivity index (χ2n) is 6.50. The van der Waals surface area contributed by atoms with Crippen LogP contribution in [0.3, 0.4) is 0 Å². The van der Waals surface area contributed by atoms with E-state index in [-0.39, 0.29) is 17.7 Å². The molecule has 1 aromatic heterocycles. The lowest BCUT2D eigenvalue weighted by Gasteiger charge is -2.31. The number of piperidine rings is 1. The fraction of sp³-hybridized carbons (Fsp3) is 0.474. The first-order valence-corrected chi connectivity index (χ1v) is 8.82. The van der Waals surface area contributed by atoms with Gasteiger partial charge >= 0.3 is 0 Å². The van der Waals surface area contributed by atoms with Crippen molar-refractivity contribution in [1.29, 1.82) is 0 Å². The van der Waals surface area contributed by atoms with Crippen molar-refractivity contribution in [3.8, 4) is 0 Å². The van der Waals surface area contributed by atoms with Gasteiger partial charge in [0.15, 0.2) is 0 Å². The number of likely N-dealkylation sites (tertiary alicyclic amines) is 1. The van der Waals surface area contributed by atoms with Crippen molar-refractivity contribution >= 4 is 22.7 Å². The summed E-state index contributed by atoms with van der Waals surface area (Å²) in [4.78, 5) is 30.1. The maximum absolute atomic E-state index is 12.8. The first-order valence-electron chi connectivity index (χ1n) is 8.82. The third-order valence-electron chi connectivity index (χ3n) is 4.66. The van der Waals surface area contributed by atoms with Crippen LogP contribution >= 0.6 is 0 Å². The minimum absolute atomic E-state index is 0.0326. The molecule has 25 heavy (non-hydrogen) atoms. The Hall–Kier alpha value is -2.34. The van der Waals surface area contributed by atoms with Gasteiger partial charge in [0.2, 0.25) is 5.91 Å². The molecule has 2 aromatic rings. The van der Waals surface area contributed by atoms with E-state index in [2.05, 4.69) is 10.3 Å². The summed E-state index contributed by atoms with van der Waals surface area (Å²) in [5, 5.41) is 3.97. The quantitative estimate of drug-likeness (QED) is 0.790. The average molecular weight is 343 g/mol. The standard InChI is InChI=1S/C19H25N3O3/c1-25-11-5-9-20-18(23)15-7-4-10-22(13-15)19(24)17-12-14-6-2-3-8-16(14)21-17/h2-3,6,8,12,15,21H,4-5,7,9-11,13H2,1H3,(H,20,23)/t15-/m1/s1. The number of carbonyl (C=O) groups excluding carboxylic acids is 2. The number of hydrogen-bond acceptors (Lipinski definition) is 3. The second kappa shape index (κ2) is 8.16. The maximum Gasteiger partial charge on any atom is 0.270 e. The zero-order valence-electron chi connectivity index (χ0n) is 14.6. The number of ether oxygens (including phenoxy) is 1. The van der Waals surface area contributed by atoms with E-state index >= 15 is 0 Å². The van der Waals surface area contributed by atoms with Gasteiger partial charge in [-0.3, -0.25) is 9.59 Å². The van der Waals surface area contributed by atoms with Crippen LogP contribution in [0.4, 0.5) is 0 Å². The van der Waals surface area contributed by atoms with Crippen molar-refractivity contribution < 1.29 is 14.3 Å². The monoisotopic (exact) mass is 343 g/mol. The Morgan fingerprint density at radius 2 is 2.20 bits per heavy atom. The summed E-state index contributed by atoms with van der Waals surface area (Å²) in [6.45, 7) is 2.42. The smallest absolute Gasteiger partial charge is 0.270 e. The number of nitrogens with zero attached hydrogens (tertiary/aromatic N) is 1. The van der Waals surface area contributed by atoms with Crippen LogP contribution in [0.1, 0.15) is 29.8 Å². The Labute approximate surface area is 147 Å². The highest BCUT2D eigenvalue weighted by atomic mass is 16.5. The molecule has 0 aliphatic carbocycles. The highest BCUT2D eigenvalue weighted by Gasteiger charge is 2.29. The molecule has 1 aromatic carbocycles. The van der Waals surface area contributed by atoms with Crippen molar-refractivity contribution in [2.24, 2.45) is 5.92 Å². The largest absolute Gasteiger partial charge is 0.385 e. The molecule has 0 radical (unpaired) electrons. The molecule has 1 fully saturated rings. The topological polar surface area (TPSA) is 74.4 Å². The van der Waals surface area contributed by atoms with E-state index in [0.29, 0.717) is 31.9 Å². The number of amides is 2. The fourth-order valence-corrected chi connectivity index (χ4v) is 3.31. The summed E-state index contributed by atoms with van der Waals surface area (Å²) in [5.41, 5.74) is 1.54. The number of aromatic nitrogens is 1. The van der Waals surface area contributed by atoms with E-state index in [0.717, 1.165) is 30.2 Å². The summed E-state index contributed by atoms with van der Waals surface area (Å²) in [6, 6.07) is 9.72. The van der Waals surface area contributed by atoms with Gasteiger partial charge in [0, 0.05) is 44.3 Å². The highest BCUT2D eigenvalue weighted by molar-refractivity contribution is 5.98. The molecular formula is C19H25N3O3. The molecule has 0 unspecified atom stereocenters. The molecule has 134 valence electrons. The van der Waals surface area contributed by atoms with Crippen LogP contribution < -0.4 is 5.32 Å². The van der Waals surface area contributed by atoms with Crippen LogP contribution in [0, 0.1) is 5.92 Å². The predicted octanol–water partition coefficient (Wildman–Crippen LogP) is 2.17. The van der Waals surface area contributed by atoms with Gasteiger partial charge in [0.25, 0.3) is 5.91 Å². The molecule has 0 bridgehead atoms. The number of fused-ring (bicyclic) bond motifs is 1. The van der Waals surface area contributed by atoms with E-state index in [1.165, 1.54) is 0 Å². The molecule has 0 saturated carbocycles. The summed E-state index contributed by atoms with van der Waals surface area (Å²) in [6.07, 6.45) is 2.47. The first-order chi connectivity index (χ1) is 12.2. The molecule has 6 heteroatoms. The Bertz CT molecular complexity index is 707. The van der Waals surface area contributed by atoms with E-state index in [9.17, 15) is 9.59 Å². The Morgan fingerprint density at radius 3 is 3.00 bits per heavy atom. The average Bonchev–Trinajstić information content (AvgIpc) is 3.08. The summed E-state index contributed by atoms with van der Waals surface area (Å²) >= 11 is 0. The highest BCUT2D eigenvalue weighted by Crippen LogP contribution is 2.21. The lowest BCUT2D eigenvalue weighted by atomic mass is 9.97. The minimum Gasteiger partial charge on any atom is -0.385 e. The molecular weight excluding hydrogens is 318 g/mol. The number of carbonyl (C=O) groups is 2. The molecule has 2 amide bonds. The zero-order valence-corrected chi connectivity index (χ0v) is 14.6. The summed E-state index contributed by atoms with van der Waals surface area (Å²) in [7, 11) is 1.65. The molecule has 6 nitrogen and oxygen atoms in total. The molecule has 3 rings (SSSR count). The molecule has 2 N–H and O–H groups in total. The summed E-state index contributed by atoms with van der Waals surface area (Å²) in [5.74, 6) is -0.136. The number of nitrogens with one attached hydrogen (secondary N) is 2. The van der Waals surface area contributed by atoms with E-state index in [4.69, 9.17) is 4.74 Å². The van der Waals surface area contributed by atoms with Crippen molar-refractivity contribution in [3.05, 3.63) is 36.0 Å². The molecule has 2 heterocycles. The normalized spacial score (nSPS) is 17.6. The van der Waals surface area contributed by atoms with Crippen molar-refractivity contribution in [3.63, 3.8) is 0 Å². The van der Waals surface area contributed by atoms with E-state index in [1.54, 1.807) is 12.0 Å². The van der Waals surface area contributed by atoms with Crippen LogP contribution in [-0.2, 0) is 9.53 Å². The van der Waals surface area contributed by atoms with Crippen molar-refractivity contribution in [2.75, 3.05) is 33.4 Å². The Morgan fingerprint density at radius 1 is 1.36 bits per heavy atom. The van der Waals surface area contributed by atoms with Crippen LogP contribution in [0.2, 0.25) is 0 Å². The van der Waals surface area contributed by atoms with E-state index < -0.39 is 0 Å². The Kier molecular flexibility index (Phi) is 5.71. The summed E-state index contributed by atoms with van der Waals surface area (Å²) < 4.78 is 4.98. The molecule has 0 spiro atoms. The van der Waals surface area contributed by atoms with Gasteiger partial charge in [-0.2, -0.15) is 0 Å². The number of rotatable bonds is 6. The Balaban J connectivity index is 1.60. The van der Waals surface area contributed by atoms with Gasteiger partial charge in [-0.1, -0.05) is 18.2 Å². The second-order valence-corrected chi connectivity index (χ2v) is 6.50. The van der Waals surface area contributed by atoms with Gasteiger partial charge in [0.05, 0.1) is 5.92 Å². The first kappa shape index (κ1) is 17.5. The van der Waals surface area contributed by atoms with Crippen molar-refractivity contribution in [1.82, 2.24) is 15.2 Å². The van der Waals surface area contributed by atoms with Crippen LogP contribution in [0.25, 0.3) is 10.9 Å². The van der Waals surface area contributed by atoms with E-state index in [1.807, 2.05) is 30.3 Å². The lowest BCUT2D eigenvalue weighted by Crippen LogP contribution is -2.45. The fourth-order valence-electron chi connectivity index (χ4n) is 3.31. The van der Waals surface area contributed by atoms with Crippen LogP contribution in [-0.4, -0.2) is 55.0 Å². The SMILES string of the molecule is COCCCNC(=O)[C@@H]1CCCN(C(=O)c2cc3ccccc3[nH]2)C1. The number of methoxy groups -OCH3 is 1. The maximum atomic E-state index is 12.8. The third-order valence-corrected chi connectivity index (χ3v) is 4.66.